The molecule has 8 heterocycles. The summed E-state index contributed by atoms with van der Waals surface area (Å²) in [7, 11) is 0. The van der Waals surface area contributed by atoms with Gasteiger partial charge in [0.15, 0.2) is 0 Å². The fourth-order valence-corrected chi connectivity index (χ4v) is 23.1. The molecule has 0 bridgehead atoms. The van der Waals surface area contributed by atoms with Crippen molar-refractivity contribution in [1.29, 1.82) is 0 Å². The van der Waals surface area contributed by atoms with Gasteiger partial charge in [0.1, 0.15) is 11.2 Å². The van der Waals surface area contributed by atoms with Gasteiger partial charge in [-0.25, -0.2) is 19.9 Å². The Kier molecular flexibility index (Phi) is 16.0. The van der Waals surface area contributed by atoms with Gasteiger partial charge in [-0.1, -0.05) is 291 Å². The number of para-hydroxylation sites is 7. The molecule has 0 saturated carbocycles. The summed E-state index contributed by atoms with van der Waals surface area (Å²) in [4.78, 5) is 21.5. The van der Waals surface area contributed by atoms with Gasteiger partial charge < -0.3 is 22.7 Å². The molecule has 0 fully saturated rings. The van der Waals surface area contributed by atoms with Gasteiger partial charge in [0.2, 0.25) is 0 Å². The minimum Gasteiger partial charge on any atom is -0.456 e. The molecule has 0 aliphatic carbocycles. The summed E-state index contributed by atoms with van der Waals surface area (Å²) >= 11 is 1.83. The first-order valence-electron chi connectivity index (χ1n) is 45.6. The minimum atomic E-state index is 0.830. The third-order valence-corrected chi connectivity index (χ3v) is 29.2. The summed E-state index contributed by atoms with van der Waals surface area (Å²) in [5.41, 5.74) is 26.7. The molecule has 8 aromatic heterocycles. The molecule has 0 aliphatic rings. The molecule has 0 amide bonds. The molecule has 0 unspecified atom stereocenters. The number of rotatable bonds is 8. The van der Waals surface area contributed by atoms with E-state index in [1.165, 1.54) is 139 Å². The lowest BCUT2D eigenvalue weighted by Gasteiger charge is -2.14. The Morgan fingerprint density at radius 3 is 1.11 bits per heavy atom. The van der Waals surface area contributed by atoms with E-state index in [0.717, 1.165) is 144 Å². The first-order chi connectivity index (χ1) is 66.4. The lowest BCUT2D eigenvalue weighted by molar-refractivity contribution is 0.669. The van der Waals surface area contributed by atoms with Crippen molar-refractivity contribution >= 4 is 227 Å². The van der Waals surface area contributed by atoms with Crippen LogP contribution in [0.15, 0.2) is 441 Å². The fourth-order valence-electron chi connectivity index (χ4n) is 22.0. The maximum absolute atomic E-state index is 6.35. The van der Waals surface area contributed by atoms with E-state index in [1.807, 2.05) is 72.0 Å². The minimum absolute atomic E-state index is 0.830. The summed E-state index contributed by atoms with van der Waals surface area (Å²) in [6.07, 6.45) is 0. The third kappa shape index (κ3) is 11.3. The zero-order chi connectivity index (χ0) is 87.5. The van der Waals surface area contributed by atoms with E-state index in [4.69, 9.17) is 24.4 Å². The van der Waals surface area contributed by atoms with E-state index in [9.17, 15) is 0 Å². The highest BCUT2D eigenvalue weighted by Gasteiger charge is 2.27. The van der Waals surface area contributed by atoms with E-state index >= 15 is 0 Å². The van der Waals surface area contributed by atoms with Crippen LogP contribution in [0.4, 0.5) is 0 Å². The van der Waals surface area contributed by atoms with Gasteiger partial charge in [-0.2, -0.15) is 0 Å². The van der Waals surface area contributed by atoms with Crippen LogP contribution in [0, 0.1) is 0 Å². The van der Waals surface area contributed by atoms with E-state index in [0.29, 0.717) is 0 Å². The van der Waals surface area contributed by atoms with Crippen LogP contribution in [-0.4, -0.2) is 38.2 Å². The Labute approximate surface area is 769 Å². The van der Waals surface area contributed by atoms with E-state index < -0.39 is 0 Å². The molecule has 0 N–H and O–H groups in total. The fraction of sp³-hybridized carbons (Fsp3) is 0. The highest BCUT2D eigenvalue weighted by molar-refractivity contribution is 7.26. The lowest BCUT2D eigenvalue weighted by Crippen LogP contribution is -1.98. The third-order valence-electron chi connectivity index (χ3n) is 28.0. The van der Waals surface area contributed by atoms with Crippen LogP contribution in [0.2, 0.25) is 0 Å². The molecule has 9 nitrogen and oxygen atoms in total. The second-order valence-electron chi connectivity index (χ2n) is 35.4. The first-order valence-corrected chi connectivity index (χ1v) is 46.4. The van der Waals surface area contributed by atoms with Crippen molar-refractivity contribution in [1.82, 2.24) is 38.2 Å². The molecule has 134 heavy (non-hydrogen) atoms. The standard InChI is InChI=1S/C62H36N4O.C62H36N4S/c1-2-14-39-35-55-51(34-38(39)13-1)47-31-29-44(66-54-21-9-5-16-46(54)48-30-27-37-12-3-4-15-45(37)62(48)66)36-56(47)65(55)43-28-26-40-32-42(25-24-41(40)33-43)60-61(64-53-20-8-7-19-52(53)63-60)50-18-11-23-58-59(50)49-17-6-10-22-57(49)67-58;1-2-14-40-35-55-51(34-39(40)13-1)47-31-29-44(66-54-21-9-5-16-46(54)48-30-27-38-12-3-4-15-45(38)62(48)66)36-56(47)65(55)43-28-26-37-24-25-41(32-42(37)33-43)60-61(64-53-20-8-7-19-52(53)63-60)50-18-11-23-58-59(50)49-17-6-10-22-57(49)67-58/h2*1-36H. The Bertz CT molecular complexity index is 10400. The topological polar surface area (TPSA) is 84.4 Å². The Hall–Kier alpha value is -17.7. The van der Waals surface area contributed by atoms with Gasteiger partial charge >= 0.3 is 0 Å². The van der Waals surface area contributed by atoms with Crippen LogP contribution in [0.25, 0.3) is 284 Å². The van der Waals surface area contributed by atoms with Gasteiger partial charge in [-0.15, -0.1) is 11.3 Å². The molecular weight excluding hydrogens is 1650 g/mol. The molecule has 0 radical (unpaired) electrons. The maximum Gasteiger partial charge on any atom is 0.136 e. The molecule has 30 aromatic rings. The second kappa shape index (κ2) is 28.9. The molecule has 0 aliphatic heterocycles. The second-order valence-corrected chi connectivity index (χ2v) is 36.5. The number of thiophene rings is 1. The van der Waals surface area contributed by atoms with E-state index in [-0.39, 0.29) is 0 Å². The van der Waals surface area contributed by atoms with Gasteiger partial charge in [-0.3, -0.25) is 0 Å². The van der Waals surface area contributed by atoms with Gasteiger partial charge in [-0.05, 0) is 199 Å². The largest absolute Gasteiger partial charge is 0.456 e. The lowest BCUT2D eigenvalue weighted by atomic mass is 9.97. The zero-order valence-electron chi connectivity index (χ0n) is 72.0. The predicted octanol–water partition coefficient (Wildman–Crippen LogP) is 33.5. The van der Waals surface area contributed by atoms with Gasteiger partial charge in [0, 0.05) is 130 Å². The number of fused-ring (bicyclic) bond motifs is 28. The van der Waals surface area contributed by atoms with Crippen molar-refractivity contribution in [2.24, 2.45) is 0 Å². The smallest absolute Gasteiger partial charge is 0.136 e. The molecule has 0 atom stereocenters. The monoisotopic (exact) mass is 1720 g/mol. The number of aromatic nitrogens is 8. The highest BCUT2D eigenvalue weighted by Crippen LogP contribution is 2.49. The number of hydrogen-bond acceptors (Lipinski definition) is 6. The SMILES string of the molecule is c1ccc2cc3c(cc2c1)c1ccc(-n2c4ccccc4c4ccc5ccccc5c42)cc1n3-c1ccc2cc(-c3nc4ccccc4nc3-c3cccc4oc5ccccc5c34)ccc2c1.c1ccc2cc3c(cc2c1)c1ccc(-n2c4ccccc4c4ccc5ccccc5c42)cc1n3-c1ccc2ccc(-c3nc4ccccc4nc3-c3cccc4sc5ccccc5c34)cc2c1. The molecule has 10 heteroatoms. The Morgan fingerprint density at radius 2 is 0.545 bits per heavy atom. The number of hydrogen-bond donors (Lipinski definition) is 0. The number of nitrogens with zero attached hydrogens (tertiary/aromatic N) is 8. The van der Waals surface area contributed by atoms with Crippen LogP contribution in [0.3, 0.4) is 0 Å². The molecule has 0 saturated heterocycles. The summed E-state index contributed by atoms with van der Waals surface area (Å²) in [6.45, 7) is 0. The highest BCUT2D eigenvalue weighted by atomic mass is 32.1. The van der Waals surface area contributed by atoms with E-state index in [2.05, 4.69) is 394 Å². The zero-order valence-corrected chi connectivity index (χ0v) is 72.8. The van der Waals surface area contributed by atoms with Crippen LogP contribution in [-0.2, 0) is 0 Å². The Morgan fingerprint density at radius 1 is 0.187 bits per heavy atom. The maximum atomic E-state index is 6.35. The van der Waals surface area contributed by atoms with Crippen molar-refractivity contribution < 1.29 is 4.42 Å². The summed E-state index contributed by atoms with van der Waals surface area (Å²) < 4.78 is 18.7. The first kappa shape index (κ1) is 74.3. The van der Waals surface area contributed by atoms with Crippen LogP contribution in [0.1, 0.15) is 0 Å². The van der Waals surface area contributed by atoms with Gasteiger partial charge in [0.05, 0.1) is 89.0 Å². The van der Waals surface area contributed by atoms with Crippen molar-refractivity contribution in [3.8, 4) is 67.8 Å². The number of furan rings is 1. The molecule has 30 rings (SSSR count). The number of benzene rings is 22. The average Bonchev–Trinajstić information content (AvgIpc) is 1.56. The molecule has 22 aromatic carbocycles. The Balaban J connectivity index is 0.000000131. The average molecular weight is 1720 g/mol. The molecular formula is C124H72N8OS. The summed E-state index contributed by atoms with van der Waals surface area (Å²) in [5.74, 6) is 0. The predicted molar refractivity (Wildman–Crippen MR) is 563 cm³/mol. The van der Waals surface area contributed by atoms with Crippen molar-refractivity contribution in [3.63, 3.8) is 0 Å². The normalized spacial score (nSPS) is 12.2. The van der Waals surface area contributed by atoms with Crippen molar-refractivity contribution in [3.05, 3.63) is 437 Å². The molecule has 620 valence electrons. The van der Waals surface area contributed by atoms with Crippen molar-refractivity contribution in [2.45, 2.75) is 0 Å². The van der Waals surface area contributed by atoms with Crippen LogP contribution >= 0.6 is 11.3 Å². The summed E-state index contributed by atoms with van der Waals surface area (Å²) in [5, 5.41) is 28.9. The van der Waals surface area contributed by atoms with Crippen LogP contribution < -0.4 is 0 Å². The van der Waals surface area contributed by atoms with E-state index in [1.54, 1.807) is 0 Å². The van der Waals surface area contributed by atoms with Gasteiger partial charge in [0.25, 0.3) is 0 Å². The molecule has 0 spiro atoms. The van der Waals surface area contributed by atoms with Crippen molar-refractivity contribution in [2.75, 3.05) is 0 Å². The van der Waals surface area contributed by atoms with Crippen LogP contribution in [0.5, 0.6) is 0 Å². The summed E-state index contributed by atoms with van der Waals surface area (Å²) in [6, 6.07) is 158. The quantitative estimate of drug-likeness (QED) is 0.151.